The Labute approximate surface area is 227 Å². The number of carbonyl (C=O) groups excluding carboxylic acids is 3. The third-order valence-corrected chi connectivity index (χ3v) is 6.15. The van der Waals surface area contributed by atoms with E-state index >= 15 is 0 Å². The van der Waals surface area contributed by atoms with Crippen molar-refractivity contribution in [1.82, 2.24) is 10.2 Å². The number of ether oxygens (including phenoxy) is 2. The van der Waals surface area contributed by atoms with Crippen LogP contribution in [-0.4, -0.2) is 43.2 Å². The molecule has 4 rings (SSSR count). The number of urea groups is 2. The summed E-state index contributed by atoms with van der Waals surface area (Å²) in [7, 11) is 1.53. The zero-order valence-electron chi connectivity index (χ0n) is 22.2. The normalized spacial score (nSPS) is 14.9. The number of methoxy groups -OCH3 is 1. The number of nitrogens with one attached hydrogen (secondary N) is 3. The predicted octanol–water partition coefficient (Wildman–Crippen LogP) is 5.79. The van der Waals surface area contributed by atoms with E-state index in [-0.39, 0.29) is 12.6 Å². The Morgan fingerprint density at radius 3 is 2.41 bits per heavy atom. The van der Waals surface area contributed by atoms with Gasteiger partial charge in [0.05, 0.1) is 36.7 Å². The van der Waals surface area contributed by atoms with Gasteiger partial charge in [-0.15, -0.1) is 0 Å². The molecule has 1 heterocycles. The van der Waals surface area contributed by atoms with E-state index in [1.807, 2.05) is 43.3 Å². The molecule has 3 aromatic rings. The molecular weight excluding hydrogens is 496 g/mol. The fraction of sp³-hybridized carbons (Fsp3) is 0.233. The molecule has 3 aromatic carbocycles. The molecule has 4 amide bonds. The van der Waals surface area contributed by atoms with E-state index in [4.69, 9.17) is 9.47 Å². The fourth-order valence-corrected chi connectivity index (χ4v) is 4.50. The summed E-state index contributed by atoms with van der Waals surface area (Å²) in [5.41, 5.74) is 3.19. The van der Waals surface area contributed by atoms with Crippen molar-refractivity contribution in [2.45, 2.75) is 26.3 Å². The van der Waals surface area contributed by atoms with E-state index in [0.29, 0.717) is 46.9 Å². The van der Waals surface area contributed by atoms with Crippen LogP contribution in [0.25, 0.3) is 5.70 Å². The number of amides is 4. The molecule has 0 saturated heterocycles. The van der Waals surface area contributed by atoms with Crippen molar-refractivity contribution in [2.75, 3.05) is 30.9 Å². The molecular formula is C30H32N4O5. The lowest BCUT2D eigenvalue weighted by atomic mass is 9.91. The van der Waals surface area contributed by atoms with Gasteiger partial charge in [0.15, 0.2) is 0 Å². The van der Waals surface area contributed by atoms with Gasteiger partial charge in [0.25, 0.3) is 0 Å². The van der Waals surface area contributed by atoms with Crippen LogP contribution < -0.4 is 20.7 Å². The zero-order valence-corrected chi connectivity index (χ0v) is 22.2. The van der Waals surface area contributed by atoms with Gasteiger partial charge in [0, 0.05) is 12.2 Å². The van der Waals surface area contributed by atoms with Gasteiger partial charge in [0.1, 0.15) is 5.75 Å². The van der Waals surface area contributed by atoms with Gasteiger partial charge in [0.2, 0.25) is 0 Å². The maximum absolute atomic E-state index is 13.4. The predicted molar refractivity (Wildman–Crippen MR) is 150 cm³/mol. The monoisotopic (exact) mass is 528 g/mol. The van der Waals surface area contributed by atoms with E-state index in [9.17, 15) is 14.4 Å². The van der Waals surface area contributed by atoms with Gasteiger partial charge in [-0.2, -0.15) is 0 Å². The topological polar surface area (TPSA) is 109 Å². The number of para-hydroxylation sites is 2. The van der Waals surface area contributed by atoms with Gasteiger partial charge < -0.3 is 25.4 Å². The van der Waals surface area contributed by atoms with Crippen LogP contribution in [0, 0.1) is 0 Å². The molecule has 202 valence electrons. The van der Waals surface area contributed by atoms with Crippen molar-refractivity contribution in [2.24, 2.45) is 0 Å². The quantitative estimate of drug-likeness (QED) is 0.305. The molecule has 0 aromatic heterocycles. The summed E-state index contributed by atoms with van der Waals surface area (Å²) in [6, 6.07) is 21.8. The molecule has 9 heteroatoms. The molecule has 0 aliphatic carbocycles. The molecule has 3 N–H and O–H groups in total. The van der Waals surface area contributed by atoms with Crippen LogP contribution in [0.1, 0.15) is 37.4 Å². The van der Waals surface area contributed by atoms with E-state index in [2.05, 4.69) is 16.0 Å². The molecule has 9 nitrogen and oxygen atoms in total. The fourth-order valence-electron chi connectivity index (χ4n) is 4.50. The highest BCUT2D eigenvalue weighted by Gasteiger charge is 2.38. The summed E-state index contributed by atoms with van der Waals surface area (Å²) in [4.78, 5) is 41.1. The van der Waals surface area contributed by atoms with Crippen LogP contribution in [0.3, 0.4) is 0 Å². The van der Waals surface area contributed by atoms with Crippen molar-refractivity contribution in [1.29, 1.82) is 0 Å². The highest BCUT2D eigenvalue weighted by molar-refractivity contribution is 6.05. The Hall–Kier alpha value is -4.79. The number of hydrogen-bond acceptors (Lipinski definition) is 5. The number of nitrogens with zero attached hydrogens (tertiary/aromatic N) is 1. The third kappa shape index (κ3) is 6.20. The molecule has 0 radical (unpaired) electrons. The summed E-state index contributed by atoms with van der Waals surface area (Å²) in [6.45, 7) is 4.32. The molecule has 0 spiro atoms. The highest BCUT2D eigenvalue weighted by atomic mass is 16.5. The van der Waals surface area contributed by atoms with E-state index < -0.39 is 18.0 Å². The average molecular weight is 529 g/mol. The summed E-state index contributed by atoms with van der Waals surface area (Å²) in [5, 5.41) is 8.56. The van der Waals surface area contributed by atoms with Crippen LogP contribution >= 0.6 is 0 Å². The minimum Gasteiger partial charge on any atom is -0.495 e. The standard InChI is InChI=1S/C30H32N4O5/c1-4-18-34-27(20-12-7-6-8-13-20)25(28(35)39-5-2)26(33-30(34)37)21-14-11-15-22(19-21)31-29(36)32-23-16-9-10-17-24(23)38-3/h6-17,19,26H,4-5,18H2,1-3H3,(H,33,37)(H2,31,32,36). The molecule has 1 atom stereocenters. The number of rotatable bonds is 9. The minimum absolute atomic E-state index is 0.184. The largest absolute Gasteiger partial charge is 0.495 e. The second-order valence-electron chi connectivity index (χ2n) is 8.79. The van der Waals surface area contributed by atoms with Gasteiger partial charge >= 0.3 is 18.0 Å². The van der Waals surface area contributed by atoms with Gasteiger partial charge in [-0.3, -0.25) is 4.90 Å². The maximum atomic E-state index is 13.4. The minimum atomic E-state index is -0.793. The Bertz CT molecular complexity index is 1370. The molecule has 0 saturated carbocycles. The van der Waals surface area contributed by atoms with Crippen LogP contribution in [0.15, 0.2) is 84.4 Å². The molecule has 1 unspecified atom stereocenters. The molecule has 39 heavy (non-hydrogen) atoms. The number of anilines is 2. The molecule has 1 aliphatic rings. The Morgan fingerprint density at radius 2 is 1.69 bits per heavy atom. The highest BCUT2D eigenvalue weighted by Crippen LogP contribution is 2.37. The van der Waals surface area contributed by atoms with Crippen LogP contribution in [-0.2, 0) is 9.53 Å². The summed E-state index contributed by atoms with van der Waals surface area (Å²) >= 11 is 0. The van der Waals surface area contributed by atoms with Gasteiger partial charge in [-0.25, -0.2) is 14.4 Å². The molecule has 1 aliphatic heterocycles. The van der Waals surface area contributed by atoms with Crippen molar-refractivity contribution in [3.8, 4) is 5.75 Å². The van der Waals surface area contributed by atoms with Crippen LogP contribution in [0.2, 0.25) is 0 Å². The van der Waals surface area contributed by atoms with Crippen LogP contribution in [0.5, 0.6) is 5.75 Å². The first-order valence-corrected chi connectivity index (χ1v) is 12.8. The summed E-state index contributed by atoms with van der Waals surface area (Å²) in [6.07, 6.45) is 0.700. The lowest BCUT2D eigenvalue weighted by molar-refractivity contribution is -0.138. The Balaban J connectivity index is 1.72. The Kier molecular flexibility index (Phi) is 8.83. The number of esters is 1. The first kappa shape index (κ1) is 27.3. The second-order valence-corrected chi connectivity index (χ2v) is 8.79. The lowest BCUT2D eigenvalue weighted by Crippen LogP contribution is -2.48. The second kappa shape index (κ2) is 12.6. The van der Waals surface area contributed by atoms with E-state index in [1.165, 1.54) is 7.11 Å². The average Bonchev–Trinajstić information content (AvgIpc) is 2.94. The molecule has 0 bridgehead atoms. The van der Waals surface area contributed by atoms with Crippen molar-refractivity contribution in [3.05, 3.63) is 95.6 Å². The SMILES string of the molecule is CCCN1C(=O)NC(c2cccc(NC(=O)Nc3ccccc3OC)c2)C(C(=O)OCC)=C1c1ccccc1. The smallest absolute Gasteiger partial charge is 0.338 e. The Morgan fingerprint density at radius 1 is 0.949 bits per heavy atom. The zero-order chi connectivity index (χ0) is 27.8. The van der Waals surface area contributed by atoms with Crippen molar-refractivity contribution in [3.63, 3.8) is 0 Å². The van der Waals surface area contributed by atoms with E-state index in [0.717, 1.165) is 5.56 Å². The summed E-state index contributed by atoms with van der Waals surface area (Å²) in [5.74, 6) is 0.00958. The van der Waals surface area contributed by atoms with Gasteiger partial charge in [-0.1, -0.05) is 61.5 Å². The van der Waals surface area contributed by atoms with Crippen LogP contribution in [0.4, 0.5) is 21.0 Å². The molecule has 0 fully saturated rings. The third-order valence-electron chi connectivity index (χ3n) is 6.15. The first-order chi connectivity index (χ1) is 19.0. The van der Waals surface area contributed by atoms with Crippen molar-refractivity contribution >= 4 is 35.1 Å². The number of carbonyl (C=O) groups is 3. The number of benzene rings is 3. The first-order valence-electron chi connectivity index (χ1n) is 12.8. The van der Waals surface area contributed by atoms with E-state index in [1.54, 1.807) is 54.3 Å². The maximum Gasteiger partial charge on any atom is 0.338 e. The summed E-state index contributed by atoms with van der Waals surface area (Å²) < 4.78 is 10.8. The van der Waals surface area contributed by atoms with Crippen molar-refractivity contribution < 1.29 is 23.9 Å². The number of hydrogen-bond donors (Lipinski definition) is 3. The lowest BCUT2D eigenvalue weighted by Gasteiger charge is -2.37. The van der Waals surface area contributed by atoms with Gasteiger partial charge in [-0.05, 0) is 48.7 Å².